The molecule has 1 fully saturated rings. The highest BCUT2D eigenvalue weighted by Crippen LogP contribution is 2.29. The summed E-state index contributed by atoms with van der Waals surface area (Å²) in [5.41, 5.74) is 8.69. The molecule has 2 N–H and O–H groups in total. The third-order valence-electron chi connectivity index (χ3n) is 3.69. The van der Waals surface area contributed by atoms with Crippen molar-refractivity contribution < 1.29 is 9.47 Å². The van der Waals surface area contributed by atoms with Crippen LogP contribution in [-0.2, 0) is 4.74 Å². The Hall–Kier alpha value is -1.06. The van der Waals surface area contributed by atoms with Gasteiger partial charge in [0.05, 0.1) is 12.7 Å². The number of ether oxygens (including phenoxy) is 2. The summed E-state index contributed by atoms with van der Waals surface area (Å²) in [5, 5.41) is 0. The molecule has 106 valence electrons. The summed E-state index contributed by atoms with van der Waals surface area (Å²) in [6, 6.07) is 6.28. The summed E-state index contributed by atoms with van der Waals surface area (Å²) in [5.74, 6) is 0.924. The second kappa shape index (κ2) is 6.92. The number of aryl methyl sites for hydroxylation is 1. The lowest BCUT2D eigenvalue weighted by Gasteiger charge is -2.18. The van der Waals surface area contributed by atoms with Crippen molar-refractivity contribution in [3.8, 4) is 5.75 Å². The molecule has 0 aromatic heterocycles. The molecule has 2 unspecified atom stereocenters. The van der Waals surface area contributed by atoms with Crippen LogP contribution >= 0.6 is 0 Å². The normalized spacial score (nSPS) is 20.5. The maximum absolute atomic E-state index is 6.34. The molecule has 1 heterocycles. The van der Waals surface area contributed by atoms with E-state index in [2.05, 4.69) is 19.1 Å². The fraction of sp³-hybridized carbons (Fsp3) is 0.625. The van der Waals surface area contributed by atoms with Crippen molar-refractivity contribution in [2.24, 2.45) is 5.73 Å². The summed E-state index contributed by atoms with van der Waals surface area (Å²) in [6.07, 6.45) is 4.77. The van der Waals surface area contributed by atoms with Gasteiger partial charge in [-0.15, -0.1) is 0 Å². The summed E-state index contributed by atoms with van der Waals surface area (Å²) in [6.45, 7) is 5.68. The van der Waals surface area contributed by atoms with Crippen molar-refractivity contribution in [3.05, 3.63) is 29.3 Å². The Bertz CT molecular complexity index is 400. The topological polar surface area (TPSA) is 44.5 Å². The Morgan fingerprint density at radius 1 is 1.47 bits per heavy atom. The Morgan fingerprint density at radius 3 is 3.00 bits per heavy atom. The monoisotopic (exact) mass is 263 g/mol. The molecule has 0 bridgehead atoms. The first-order valence-electron chi connectivity index (χ1n) is 7.31. The van der Waals surface area contributed by atoms with Gasteiger partial charge in [0.15, 0.2) is 0 Å². The third kappa shape index (κ3) is 3.95. The van der Waals surface area contributed by atoms with E-state index >= 15 is 0 Å². The first kappa shape index (κ1) is 14.4. The van der Waals surface area contributed by atoms with Gasteiger partial charge in [-0.1, -0.05) is 17.7 Å². The van der Waals surface area contributed by atoms with E-state index in [-0.39, 0.29) is 6.04 Å². The maximum atomic E-state index is 6.34. The van der Waals surface area contributed by atoms with Crippen LogP contribution in [0.25, 0.3) is 0 Å². The minimum absolute atomic E-state index is 0.0330. The molecule has 0 saturated carbocycles. The predicted molar refractivity (Wildman–Crippen MR) is 77.5 cm³/mol. The lowest BCUT2D eigenvalue weighted by Crippen LogP contribution is -2.15. The lowest BCUT2D eigenvalue weighted by molar-refractivity contribution is 0.101. The zero-order valence-electron chi connectivity index (χ0n) is 12.0. The molecule has 0 spiro atoms. The van der Waals surface area contributed by atoms with Crippen LogP contribution in [0.15, 0.2) is 18.2 Å². The molecule has 1 saturated heterocycles. The van der Waals surface area contributed by atoms with Gasteiger partial charge in [-0.2, -0.15) is 0 Å². The van der Waals surface area contributed by atoms with Crippen LogP contribution < -0.4 is 10.5 Å². The molecule has 0 aliphatic carbocycles. The molecule has 3 heteroatoms. The fourth-order valence-corrected chi connectivity index (χ4v) is 2.64. The molecular formula is C16H25NO2. The summed E-state index contributed by atoms with van der Waals surface area (Å²) < 4.78 is 11.3. The third-order valence-corrected chi connectivity index (χ3v) is 3.69. The van der Waals surface area contributed by atoms with Gasteiger partial charge in [0.25, 0.3) is 0 Å². The highest BCUT2D eigenvalue weighted by Gasteiger charge is 2.18. The average Bonchev–Trinajstić information content (AvgIpc) is 2.91. The molecular weight excluding hydrogens is 238 g/mol. The molecule has 1 aliphatic heterocycles. The van der Waals surface area contributed by atoms with Crippen molar-refractivity contribution >= 4 is 0 Å². The van der Waals surface area contributed by atoms with Crippen molar-refractivity contribution in [2.45, 2.75) is 51.7 Å². The lowest BCUT2D eigenvalue weighted by atomic mass is 9.98. The first-order valence-corrected chi connectivity index (χ1v) is 7.31. The highest BCUT2D eigenvalue weighted by molar-refractivity contribution is 5.39. The van der Waals surface area contributed by atoms with Gasteiger partial charge in [-0.25, -0.2) is 0 Å². The van der Waals surface area contributed by atoms with E-state index in [1.165, 1.54) is 18.4 Å². The van der Waals surface area contributed by atoms with Gasteiger partial charge in [0.1, 0.15) is 5.75 Å². The Balaban J connectivity index is 1.99. The van der Waals surface area contributed by atoms with Crippen LogP contribution in [0.5, 0.6) is 5.75 Å². The first-order chi connectivity index (χ1) is 9.20. The zero-order chi connectivity index (χ0) is 13.7. The van der Waals surface area contributed by atoms with Gasteiger partial charge >= 0.3 is 0 Å². The fourth-order valence-electron chi connectivity index (χ4n) is 2.64. The van der Waals surface area contributed by atoms with E-state index in [0.717, 1.165) is 30.8 Å². The van der Waals surface area contributed by atoms with E-state index < -0.39 is 0 Å². The van der Waals surface area contributed by atoms with Gasteiger partial charge in [0.2, 0.25) is 0 Å². The van der Waals surface area contributed by atoms with Gasteiger partial charge in [-0.3, -0.25) is 0 Å². The van der Waals surface area contributed by atoms with Gasteiger partial charge in [-0.05, 0) is 45.6 Å². The summed E-state index contributed by atoms with van der Waals surface area (Å²) in [4.78, 5) is 0. The van der Waals surface area contributed by atoms with Gasteiger partial charge < -0.3 is 15.2 Å². The molecule has 3 nitrogen and oxygen atoms in total. The molecule has 1 aromatic rings. The van der Waals surface area contributed by atoms with Crippen LogP contribution in [0, 0.1) is 6.92 Å². The van der Waals surface area contributed by atoms with Crippen LogP contribution in [0.2, 0.25) is 0 Å². The van der Waals surface area contributed by atoms with Crippen molar-refractivity contribution in [1.29, 1.82) is 0 Å². The molecule has 2 atom stereocenters. The number of rotatable bonds is 6. The minimum Gasteiger partial charge on any atom is -0.494 e. The molecule has 0 radical (unpaired) electrons. The highest BCUT2D eigenvalue weighted by atomic mass is 16.5. The van der Waals surface area contributed by atoms with Crippen LogP contribution in [0.3, 0.4) is 0 Å². The predicted octanol–water partition coefficient (Wildman–Crippen LogP) is 3.35. The maximum Gasteiger partial charge on any atom is 0.124 e. The molecule has 2 rings (SSSR count). The van der Waals surface area contributed by atoms with E-state index in [9.17, 15) is 0 Å². The second-order valence-electron chi connectivity index (χ2n) is 5.29. The van der Waals surface area contributed by atoms with Crippen molar-refractivity contribution in [3.63, 3.8) is 0 Å². The van der Waals surface area contributed by atoms with E-state index in [1.807, 2.05) is 13.0 Å². The molecule has 1 aromatic carbocycles. The smallest absolute Gasteiger partial charge is 0.124 e. The van der Waals surface area contributed by atoms with Crippen molar-refractivity contribution in [2.75, 3.05) is 13.2 Å². The van der Waals surface area contributed by atoms with E-state index in [4.69, 9.17) is 15.2 Å². The molecule has 0 amide bonds. The van der Waals surface area contributed by atoms with E-state index in [1.54, 1.807) is 0 Å². The molecule has 19 heavy (non-hydrogen) atoms. The average molecular weight is 263 g/mol. The van der Waals surface area contributed by atoms with Crippen LogP contribution in [0.4, 0.5) is 0 Å². The summed E-state index contributed by atoms with van der Waals surface area (Å²) >= 11 is 0. The van der Waals surface area contributed by atoms with E-state index in [0.29, 0.717) is 12.7 Å². The quantitative estimate of drug-likeness (QED) is 0.856. The number of hydrogen-bond donors (Lipinski definition) is 1. The van der Waals surface area contributed by atoms with Crippen LogP contribution in [-0.4, -0.2) is 19.3 Å². The van der Waals surface area contributed by atoms with Gasteiger partial charge in [0, 0.05) is 18.2 Å². The molecule has 1 aliphatic rings. The largest absolute Gasteiger partial charge is 0.494 e. The second-order valence-corrected chi connectivity index (χ2v) is 5.29. The number of hydrogen-bond acceptors (Lipinski definition) is 3. The Labute approximate surface area is 116 Å². The Kier molecular flexibility index (Phi) is 5.23. The zero-order valence-corrected chi connectivity index (χ0v) is 12.0. The number of nitrogens with two attached hydrogens (primary N) is 1. The Morgan fingerprint density at radius 2 is 2.32 bits per heavy atom. The number of benzene rings is 1. The standard InChI is InChI=1S/C16H25NO2/c1-3-18-16-9-6-12(2)11-14(16)15(17)8-7-13-5-4-10-19-13/h6,9,11,13,15H,3-5,7-8,10,17H2,1-2H3. The SMILES string of the molecule is CCOc1ccc(C)cc1C(N)CCC1CCCO1. The van der Waals surface area contributed by atoms with Crippen LogP contribution in [0.1, 0.15) is 49.8 Å². The van der Waals surface area contributed by atoms with Crippen molar-refractivity contribution in [1.82, 2.24) is 0 Å². The minimum atomic E-state index is 0.0330. The summed E-state index contributed by atoms with van der Waals surface area (Å²) in [7, 11) is 0.